The maximum absolute atomic E-state index is 13.6. The number of hydrogen-bond donors (Lipinski definition) is 2. The molecule has 1 atom stereocenters. The van der Waals surface area contributed by atoms with Crippen LogP contribution in [0.3, 0.4) is 0 Å². The molecule has 2 N–H and O–H groups in total. The first-order valence-electron chi connectivity index (χ1n) is 11.8. The number of carbonyl (C=O) groups excluding carboxylic acids is 2. The largest absolute Gasteiger partial charge is 0.362 e. The summed E-state index contributed by atoms with van der Waals surface area (Å²) in [5, 5.41) is 8.49. The summed E-state index contributed by atoms with van der Waals surface area (Å²) >= 11 is 0. The van der Waals surface area contributed by atoms with Crippen molar-refractivity contribution in [3.8, 4) is 0 Å². The Hall–Kier alpha value is -3.42. The number of rotatable bonds is 13. The van der Waals surface area contributed by atoms with Crippen molar-refractivity contribution in [3.63, 3.8) is 0 Å². The number of unbranched alkanes of at least 4 members (excludes halogenated alkanes) is 4. The van der Waals surface area contributed by atoms with E-state index in [1.165, 1.54) is 12.1 Å². The summed E-state index contributed by atoms with van der Waals surface area (Å²) in [4.78, 5) is 28.2. The molecule has 1 aromatic heterocycles. The number of ether oxygens (including phenoxy) is 1. The van der Waals surface area contributed by atoms with Gasteiger partial charge in [0.05, 0.1) is 5.69 Å². The minimum Gasteiger partial charge on any atom is -0.362 e. The quantitative estimate of drug-likeness (QED) is 0.145. The number of hydrogen-bond acceptors (Lipinski definition) is 5. The lowest BCUT2D eigenvalue weighted by molar-refractivity contribution is -0.129. The van der Waals surface area contributed by atoms with Gasteiger partial charge in [-0.25, -0.2) is 9.87 Å². The number of carbonyl (C=O) groups is 2. The van der Waals surface area contributed by atoms with Crippen LogP contribution < -0.4 is 5.48 Å². The fraction of sp³-hybridized carbons (Fsp3) is 0.321. The van der Waals surface area contributed by atoms with E-state index in [4.69, 9.17) is 9.94 Å². The normalized spacial score (nSPS) is 12.7. The van der Waals surface area contributed by atoms with Gasteiger partial charge in [-0.3, -0.25) is 19.8 Å². The van der Waals surface area contributed by atoms with Gasteiger partial charge in [-0.1, -0.05) is 61.7 Å². The number of methoxy groups -OCH3 is 1. The number of Topliss-reactive ketones (excluding diaryl/α,β-unsaturated/α-hetero) is 1. The van der Waals surface area contributed by atoms with Gasteiger partial charge in [-0.2, -0.15) is 0 Å². The summed E-state index contributed by atoms with van der Waals surface area (Å²) in [6.07, 6.45) is 6.65. The minimum absolute atomic E-state index is 0.0684. The van der Waals surface area contributed by atoms with E-state index in [-0.39, 0.29) is 17.5 Å². The van der Waals surface area contributed by atoms with Crippen LogP contribution in [0.5, 0.6) is 0 Å². The molecule has 1 amide bonds. The molecule has 0 fully saturated rings. The van der Waals surface area contributed by atoms with E-state index < -0.39 is 5.60 Å². The molecule has 0 bridgehead atoms. The van der Waals surface area contributed by atoms with Crippen molar-refractivity contribution < 1.29 is 23.9 Å². The van der Waals surface area contributed by atoms with Gasteiger partial charge < -0.3 is 4.74 Å². The van der Waals surface area contributed by atoms with Gasteiger partial charge in [0, 0.05) is 31.7 Å². The van der Waals surface area contributed by atoms with Gasteiger partial charge in [-0.15, -0.1) is 0 Å². The van der Waals surface area contributed by atoms with E-state index in [0.29, 0.717) is 30.5 Å². The number of pyridine rings is 1. The maximum atomic E-state index is 13.6. The SMILES string of the molecule is COC(c1ccc(F)cc1)(c1ccc(C(=O)CCCCCCCC(=O)NO)cc1)c1ccccn1. The van der Waals surface area contributed by atoms with Crippen LogP contribution in [0.4, 0.5) is 4.39 Å². The molecule has 0 aliphatic rings. The molecule has 3 aromatic rings. The second kappa shape index (κ2) is 12.9. The average molecular weight is 479 g/mol. The first-order valence-corrected chi connectivity index (χ1v) is 11.8. The zero-order valence-electron chi connectivity index (χ0n) is 19.9. The maximum Gasteiger partial charge on any atom is 0.243 e. The molecule has 184 valence electrons. The molecule has 3 rings (SSSR count). The number of nitrogens with zero attached hydrogens (tertiary/aromatic N) is 1. The van der Waals surface area contributed by atoms with Crippen LogP contribution in [0.15, 0.2) is 72.9 Å². The minimum atomic E-state index is -1.05. The van der Waals surface area contributed by atoms with Crippen molar-refractivity contribution >= 4 is 11.7 Å². The second-order valence-electron chi connectivity index (χ2n) is 8.41. The molecule has 7 heteroatoms. The Morgan fingerprint density at radius 2 is 1.49 bits per heavy atom. The van der Waals surface area contributed by atoms with E-state index in [9.17, 15) is 14.0 Å². The number of aromatic nitrogens is 1. The predicted octanol–water partition coefficient (Wildman–Crippen LogP) is 5.58. The van der Waals surface area contributed by atoms with E-state index in [1.54, 1.807) is 43.1 Å². The summed E-state index contributed by atoms with van der Waals surface area (Å²) < 4.78 is 19.7. The molecule has 0 spiro atoms. The van der Waals surface area contributed by atoms with Crippen molar-refractivity contribution in [1.29, 1.82) is 0 Å². The van der Waals surface area contributed by atoms with Gasteiger partial charge >= 0.3 is 0 Å². The van der Waals surface area contributed by atoms with Crippen molar-refractivity contribution in [1.82, 2.24) is 10.5 Å². The van der Waals surface area contributed by atoms with Crippen LogP contribution >= 0.6 is 0 Å². The highest BCUT2D eigenvalue weighted by atomic mass is 19.1. The standard InChI is InChI=1S/C28H31FN2O4/c1-35-28(26-10-7-8-20-30-26,23-16-18-24(29)19-17-23)22-14-12-21(13-15-22)25(32)9-5-3-2-4-6-11-27(33)31-34/h7-8,10,12-20,34H,2-6,9,11H2,1H3,(H,31,33). The van der Waals surface area contributed by atoms with Crippen LogP contribution in [-0.2, 0) is 15.1 Å². The summed E-state index contributed by atoms with van der Waals surface area (Å²) in [7, 11) is 1.59. The van der Waals surface area contributed by atoms with E-state index >= 15 is 0 Å². The average Bonchev–Trinajstić information content (AvgIpc) is 2.90. The fourth-order valence-corrected chi connectivity index (χ4v) is 4.25. The number of benzene rings is 2. The Morgan fingerprint density at radius 3 is 2.06 bits per heavy atom. The number of nitrogens with one attached hydrogen (secondary N) is 1. The molecule has 0 aliphatic carbocycles. The highest BCUT2D eigenvalue weighted by Crippen LogP contribution is 2.39. The fourth-order valence-electron chi connectivity index (χ4n) is 4.25. The zero-order chi connectivity index (χ0) is 25.1. The Balaban J connectivity index is 1.69. The molecule has 0 aliphatic heterocycles. The smallest absolute Gasteiger partial charge is 0.243 e. The summed E-state index contributed by atoms with van der Waals surface area (Å²) in [6.45, 7) is 0. The van der Waals surface area contributed by atoms with Crippen molar-refractivity contribution in [3.05, 3.63) is 101 Å². The molecule has 0 saturated carbocycles. The number of halogens is 1. The Labute approximate surface area is 205 Å². The third-order valence-corrected chi connectivity index (χ3v) is 6.13. The predicted molar refractivity (Wildman–Crippen MR) is 131 cm³/mol. The lowest BCUT2D eigenvalue weighted by Gasteiger charge is -2.33. The van der Waals surface area contributed by atoms with E-state index in [1.807, 2.05) is 30.3 Å². The molecular formula is C28H31FN2O4. The molecule has 1 heterocycles. The van der Waals surface area contributed by atoms with E-state index in [2.05, 4.69) is 4.98 Å². The topological polar surface area (TPSA) is 88.5 Å². The van der Waals surface area contributed by atoms with Gasteiger partial charge in [0.15, 0.2) is 11.4 Å². The lowest BCUT2D eigenvalue weighted by atomic mass is 9.82. The van der Waals surface area contributed by atoms with E-state index in [0.717, 1.165) is 36.8 Å². The van der Waals surface area contributed by atoms with Gasteiger partial charge in [0.25, 0.3) is 0 Å². The molecule has 2 aromatic carbocycles. The monoisotopic (exact) mass is 478 g/mol. The van der Waals surface area contributed by atoms with Crippen molar-refractivity contribution in [2.24, 2.45) is 0 Å². The number of hydroxylamine groups is 1. The first-order chi connectivity index (χ1) is 17.0. The van der Waals surface area contributed by atoms with Crippen LogP contribution in [0.2, 0.25) is 0 Å². The highest BCUT2D eigenvalue weighted by molar-refractivity contribution is 5.96. The molecule has 1 unspecified atom stereocenters. The molecule has 0 radical (unpaired) electrons. The number of amides is 1. The third-order valence-electron chi connectivity index (χ3n) is 6.13. The van der Waals surface area contributed by atoms with Crippen molar-refractivity contribution in [2.75, 3.05) is 7.11 Å². The second-order valence-corrected chi connectivity index (χ2v) is 8.41. The summed E-state index contributed by atoms with van der Waals surface area (Å²) in [5.74, 6) is -0.640. The zero-order valence-corrected chi connectivity index (χ0v) is 19.9. The van der Waals surface area contributed by atoms with Gasteiger partial charge in [0.1, 0.15) is 5.82 Å². The third kappa shape index (κ3) is 6.59. The highest BCUT2D eigenvalue weighted by Gasteiger charge is 2.38. The van der Waals surface area contributed by atoms with Crippen LogP contribution in [0, 0.1) is 5.82 Å². The Kier molecular flexibility index (Phi) is 9.64. The molecule has 6 nitrogen and oxygen atoms in total. The number of ketones is 1. The van der Waals surface area contributed by atoms with Gasteiger partial charge in [0.2, 0.25) is 5.91 Å². The molecule has 0 saturated heterocycles. The Bertz CT molecular complexity index is 1090. The van der Waals surface area contributed by atoms with Crippen LogP contribution in [0.1, 0.15) is 72.1 Å². The van der Waals surface area contributed by atoms with Crippen molar-refractivity contribution in [2.45, 2.75) is 50.5 Å². The first kappa shape index (κ1) is 26.2. The molecular weight excluding hydrogens is 447 g/mol. The van der Waals surface area contributed by atoms with Crippen LogP contribution in [0.25, 0.3) is 0 Å². The summed E-state index contributed by atoms with van der Waals surface area (Å²) in [5.41, 5.74) is 3.37. The van der Waals surface area contributed by atoms with Crippen LogP contribution in [-0.4, -0.2) is 29.0 Å². The molecule has 35 heavy (non-hydrogen) atoms. The summed E-state index contributed by atoms with van der Waals surface area (Å²) in [6, 6.07) is 19.0. The Morgan fingerprint density at radius 1 is 0.886 bits per heavy atom. The van der Waals surface area contributed by atoms with Gasteiger partial charge in [-0.05, 0) is 48.2 Å². The lowest BCUT2D eigenvalue weighted by Crippen LogP contribution is -2.32.